The Morgan fingerprint density at radius 3 is 2.56 bits per heavy atom. The third kappa shape index (κ3) is 3.28. The molecule has 2 heterocycles. The normalized spacial score (nSPS) is 15.4. The Hall–Kier alpha value is -2.66. The van der Waals surface area contributed by atoms with Crippen LogP contribution in [-0.2, 0) is 0 Å². The van der Waals surface area contributed by atoms with Gasteiger partial charge in [0.1, 0.15) is 5.82 Å². The Morgan fingerprint density at radius 2 is 1.84 bits per heavy atom. The lowest BCUT2D eigenvalue weighted by molar-refractivity contribution is 0.0750. The first-order chi connectivity index (χ1) is 12.2. The maximum atomic E-state index is 12.4. The number of H-pyrrole nitrogens is 1. The lowest BCUT2D eigenvalue weighted by Crippen LogP contribution is -2.45. The molecule has 25 heavy (non-hydrogen) atoms. The smallest absolute Gasteiger partial charge is 0.265 e. The van der Waals surface area contributed by atoms with Crippen molar-refractivity contribution >= 4 is 16.9 Å². The SMILES string of the molecule is Cc1cccc2[nH]c(-c3ccc(C(=O)NN4CCCCC4)cc3)nc12. The van der Waals surface area contributed by atoms with Gasteiger partial charge in [0.2, 0.25) is 0 Å². The van der Waals surface area contributed by atoms with Gasteiger partial charge in [-0.05, 0) is 43.5 Å². The molecule has 0 bridgehead atoms. The number of carbonyl (C=O) groups is 1. The monoisotopic (exact) mass is 334 g/mol. The molecule has 5 heteroatoms. The molecule has 0 aliphatic carbocycles. The topological polar surface area (TPSA) is 61.0 Å². The van der Waals surface area contributed by atoms with Crippen LogP contribution in [0.4, 0.5) is 0 Å². The average Bonchev–Trinajstić information content (AvgIpc) is 3.08. The number of aromatic amines is 1. The summed E-state index contributed by atoms with van der Waals surface area (Å²) in [5.74, 6) is 0.779. The standard InChI is InChI=1S/C20H22N4O/c1-14-6-5-7-17-18(14)22-19(21-17)15-8-10-16(11-9-15)20(25)23-24-12-3-2-4-13-24/h5-11H,2-4,12-13H2,1H3,(H,21,22)(H,23,25). The second-order valence-corrected chi connectivity index (χ2v) is 6.62. The number of aryl methyl sites for hydroxylation is 1. The number of rotatable bonds is 3. The van der Waals surface area contributed by atoms with E-state index >= 15 is 0 Å². The minimum atomic E-state index is -0.0473. The van der Waals surface area contributed by atoms with Crippen LogP contribution in [0.5, 0.6) is 0 Å². The first-order valence-corrected chi connectivity index (χ1v) is 8.82. The summed E-state index contributed by atoms with van der Waals surface area (Å²) in [7, 11) is 0. The van der Waals surface area contributed by atoms with Gasteiger partial charge in [0.05, 0.1) is 11.0 Å². The van der Waals surface area contributed by atoms with E-state index in [9.17, 15) is 4.79 Å². The number of imidazole rings is 1. The fourth-order valence-corrected chi connectivity index (χ4v) is 3.31. The third-order valence-electron chi connectivity index (χ3n) is 4.75. The minimum Gasteiger partial charge on any atom is -0.338 e. The summed E-state index contributed by atoms with van der Waals surface area (Å²) in [6.45, 7) is 3.92. The van der Waals surface area contributed by atoms with Crippen LogP contribution in [0.1, 0.15) is 35.2 Å². The number of hydrazine groups is 1. The summed E-state index contributed by atoms with van der Waals surface area (Å²) in [6.07, 6.45) is 3.54. The Balaban J connectivity index is 1.52. The molecular formula is C20H22N4O. The highest BCUT2D eigenvalue weighted by atomic mass is 16.2. The van der Waals surface area contributed by atoms with Crippen molar-refractivity contribution in [3.05, 3.63) is 53.6 Å². The lowest BCUT2D eigenvalue weighted by Gasteiger charge is -2.26. The van der Waals surface area contributed by atoms with E-state index in [1.807, 2.05) is 41.4 Å². The number of carbonyl (C=O) groups excluding carboxylic acids is 1. The zero-order valence-corrected chi connectivity index (χ0v) is 14.4. The Bertz CT molecular complexity index is 892. The van der Waals surface area contributed by atoms with Crippen molar-refractivity contribution in [2.45, 2.75) is 26.2 Å². The Kier molecular flexibility index (Phi) is 4.24. The van der Waals surface area contributed by atoms with E-state index in [1.165, 1.54) is 6.42 Å². The van der Waals surface area contributed by atoms with E-state index in [0.717, 1.165) is 53.9 Å². The number of benzene rings is 2. The van der Waals surface area contributed by atoms with Gasteiger partial charge in [-0.15, -0.1) is 0 Å². The molecule has 0 radical (unpaired) electrons. The molecule has 1 aliphatic rings. The van der Waals surface area contributed by atoms with Crippen molar-refractivity contribution in [1.29, 1.82) is 0 Å². The predicted octanol–water partition coefficient (Wildman–Crippen LogP) is 3.67. The van der Waals surface area contributed by atoms with E-state index < -0.39 is 0 Å². The molecule has 0 saturated carbocycles. The molecule has 3 aromatic rings. The number of nitrogens with one attached hydrogen (secondary N) is 2. The van der Waals surface area contributed by atoms with Gasteiger partial charge < -0.3 is 4.98 Å². The number of aromatic nitrogens is 2. The van der Waals surface area contributed by atoms with Gasteiger partial charge in [0, 0.05) is 24.2 Å². The summed E-state index contributed by atoms with van der Waals surface area (Å²) in [5, 5.41) is 2.02. The summed E-state index contributed by atoms with van der Waals surface area (Å²) < 4.78 is 0. The number of nitrogens with zero attached hydrogens (tertiary/aromatic N) is 2. The Labute approximate surface area is 147 Å². The number of amides is 1. The van der Waals surface area contributed by atoms with Crippen LogP contribution in [-0.4, -0.2) is 34.0 Å². The van der Waals surface area contributed by atoms with Gasteiger partial charge in [-0.25, -0.2) is 9.99 Å². The molecular weight excluding hydrogens is 312 g/mol. The minimum absolute atomic E-state index is 0.0473. The summed E-state index contributed by atoms with van der Waals surface area (Å²) in [5.41, 5.74) is 7.81. The fraction of sp³-hybridized carbons (Fsp3) is 0.300. The molecule has 0 unspecified atom stereocenters. The van der Waals surface area contributed by atoms with Crippen LogP contribution >= 0.6 is 0 Å². The molecule has 0 atom stereocenters. The number of hydrogen-bond acceptors (Lipinski definition) is 3. The first-order valence-electron chi connectivity index (χ1n) is 8.82. The molecule has 5 nitrogen and oxygen atoms in total. The van der Waals surface area contributed by atoms with Crippen LogP contribution in [0.3, 0.4) is 0 Å². The molecule has 1 saturated heterocycles. The van der Waals surface area contributed by atoms with Crippen LogP contribution in [0.2, 0.25) is 0 Å². The van der Waals surface area contributed by atoms with Crippen LogP contribution in [0.25, 0.3) is 22.4 Å². The highest BCUT2D eigenvalue weighted by Gasteiger charge is 2.14. The highest BCUT2D eigenvalue weighted by Crippen LogP contribution is 2.22. The molecule has 128 valence electrons. The maximum absolute atomic E-state index is 12.4. The van der Waals surface area contributed by atoms with Gasteiger partial charge >= 0.3 is 0 Å². The van der Waals surface area contributed by atoms with Crippen LogP contribution in [0, 0.1) is 6.92 Å². The number of piperidine rings is 1. The second-order valence-electron chi connectivity index (χ2n) is 6.62. The van der Waals surface area contributed by atoms with E-state index in [0.29, 0.717) is 5.56 Å². The quantitative estimate of drug-likeness (QED) is 0.768. The van der Waals surface area contributed by atoms with Gasteiger partial charge in [-0.2, -0.15) is 0 Å². The third-order valence-corrected chi connectivity index (χ3v) is 4.75. The lowest BCUT2D eigenvalue weighted by atomic mass is 10.1. The van der Waals surface area contributed by atoms with E-state index in [2.05, 4.69) is 28.4 Å². The zero-order valence-electron chi connectivity index (χ0n) is 14.4. The van der Waals surface area contributed by atoms with Crippen LogP contribution in [0.15, 0.2) is 42.5 Å². The maximum Gasteiger partial charge on any atom is 0.265 e. The number of fused-ring (bicyclic) bond motifs is 1. The highest BCUT2D eigenvalue weighted by molar-refractivity contribution is 5.94. The largest absolute Gasteiger partial charge is 0.338 e. The first kappa shape index (κ1) is 15.8. The fourth-order valence-electron chi connectivity index (χ4n) is 3.31. The molecule has 0 spiro atoms. The number of para-hydroxylation sites is 1. The van der Waals surface area contributed by atoms with E-state index in [1.54, 1.807) is 0 Å². The average molecular weight is 334 g/mol. The van der Waals surface area contributed by atoms with Crippen LogP contribution < -0.4 is 5.43 Å². The summed E-state index contributed by atoms with van der Waals surface area (Å²) in [4.78, 5) is 20.4. The molecule has 1 aliphatic heterocycles. The van der Waals surface area contributed by atoms with Crippen molar-refractivity contribution in [3.8, 4) is 11.4 Å². The molecule has 1 fully saturated rings. The molecule has 4 rings (SSSR count). The van der Waals surface area contributed by atoms with Gasteiger partial charge in [0.25, 0.3) is 5.91 Å². The molecule has 2 N–H and O–H groups in total. The van der Waals surface area contributed by atoms with Gasteiger partial charge in [-0.3, -0.25) is 10.2 Å². The van der Waals surface area contributed by atoms with Crippen molar-refractivity contribution < 1.29 is 4.79 Å². The molecule has 1 aromatic heterocycles. The van der Waals surface area contributed by atoms with E-state index in [4.69, 9.17) is 0 Å². The van der Waals surface area contributed by atoms with Crippen molar-refractivity contribution in [1.82, 2.24) is 20.4 Å². The second kappa shape index (κ2) is 6.69. The zero-order chi connectivity index (χ0) is 17.2. The molecule has 1 amide bonds. The molecule has 2 aromatic carbocycles. The van der Waals surface area contributed by atoms with Crippen molar-refractivity contribution in [3.63, 3.8) is 0 Å². The predicted molar refractivity (Wildman–Crippen MR) is 99.2 cm³/mol. The van der Waals surface area contributed by atoms with Gasteiger partial charge in [0.15, 0.2) is 0 Å². The van der Waals surface area contributed by atoms with Gasteiger partial charge in [-0.1, -0.05) is 30.7 Å². The van der Waals surface area contributed by atoms with Crippen molar-refractivity contribution in [2.24, 2.45) is 0 Å². The number of hydrogen-bond donors (Lipinski definition) is 2. The Morgan fingerprint density at radius 1 is 1.08 bits per heavy atom. The van der Waals surface area contributed by atoms with Crippen molar-refractivity contribution in [2.75, 3.05) is 13.1 Å². The summed E-state index contributed by atoms with van der Waals surface area (Å²) in [6, 6.07) is 13.7. The van der Waals surface area contributed by atoms with E-state index in [-0.39, 0.29) is 5.91 Å². The summed E-state index contributed by atoms with van der Waals surface area (Å²) >= 11 is 0.